The third-order valence-corrected chi connectivity index (χ3v) is 7.18. The van der Waals surface area contributed by atoms with E-state index in [0.717, 1.165) is 28.9 Å². The van der Waals surface area contributed by atoms with Crippen molar-refractivity contribution in [3.8, 4) is 0 Å². The van der Waals surface area contributed by atoms with Crippen molar-refractivity contribution in [1.29, 1.82) is 0 Å². The molecule has 0 bridgehead atoms. The molecule has 3 aromatic heterocycles. The van der Waals surface area contributed by atoms with Crippen LogP contribution in [0.5, 0.6) is 0 Å². The highest BCUT2D eigenvalue weighted by Crippen LogP contribution is 2.48. The first-order valence-corrected chi connectivity index (χ1v) is 11.1. The molecule has 3 heterocycles. The molecule has 0 radical (unpaired) electrons. The van der Waals surface area contributed by atoms with Gasteiger partial charge in [-0.3, -0.25) is 14.3 Å². The van der Waals surface area contributed by atoms with Gasteiger partial charge in [-0.05, 0) is 53.2 Å². The number of primary amides is 1. The van der Waals surface area contributed by atoms with Crippen molar-refractivity contribution >= 4 is 55.0 Å². The van der Waals surface area contributed by atoms with Crippen LogP contribution in [-0.2, 0) is 11.3 Å². The molecule has 0 saturated heterocycles. The van der Waals surface area contributed by atoms with Gasteiger partial charge in [-0.1, -0.05) is 0 Å². The lowest BCUT2D eigenvalue weighted by atomic mass is 10.0. The zero-order valence-corrected chi connectivity index (χ0v) is 18.9. The molecule has 170 valence electrons. The molecule has 7 nitrogen and oxygen atoms in total. The number of fused-ring (bicyclic) bond motifs is 1. The molecule has 4 rings (SSSR count). The Hall–Kier alpha value is -2.54. The van der Waals surface area contributed by atoms with E-state index >= 15 is 0 Å². The van der Waals surface area contributed by atoms with Crippen LogP contribution in [-0.4, -0.2) is 26.6 Å². The van der Waals surface area contributed by atoms with Crippen LogP contribution in [0.25, 0.3) is 10.2 Å². The molecule has 1 saturated carbocycles. The number of hydrogen-bond donors (Lipinski definition) is 2. The summed E-state index contributed by atoms with van der Waals surface area (Å²) >= 11 is 3.86. The van der Waals surface area contributed by atoms with E-state index in [1.807, 2.05) is 0 Å². The highest BCUT2D eigenvalue weighted by atomic mass is 79.9. The van der Waals surface area contributed by atoms with Gasteiger partial charge >= 0.3 is 0 Å². The molecule has 3 N–H and O–H groups in total. The van der Waals surface area contributed by atoms with Crippen molar-refractivity contribution in [3.63, 3.8) is 0 Å². The highest BCUT2D eigenvalue weighted by molar-refractivity contribution is 9.10. The predicted octanol–water partition coefficient (Wildman–Crippen LogP) is 5.05. The fraction of sp³-hybridized carbons (Fsp3) is 0.368. The summed E-state index contributed by atoms with van der Waals surface area (Å²) in [5, 5.41) is 6.76. The number of hydrogen-bond acceptors (Lipinski definition) is 5. The van der Waals surface area contributed by atoms with Crippen LogP contribution < -0.4 is 11.1 Å². The molecular weight excluding hydrogens is 518 g/mol. The number of aromatic nitrogens is 3. The van der Waals surface area contributed by atoms with Crippen molar-refractivity contribution < 1.29 is 27.2 Å². The molecule has 0 unspecified atom stereocenters. The van der Waals surface area contributed by atoms with E-state index in [1.54, 1.807) is 0 Å². The number of alkyl halides is 4. The average Bonchev–Trinajstić information content (AvgIpc) is 3.45. The molecule has 2 amide bonds. The maximum absolute atomic E-state index is 13.3. The number of halogens is 5. The van der Waals surface area contributed by atoms with Crippen LogP contribution in [0.3, 0.4) is 0 Å². The fourth-order valence-electron chi connectivity index (χ4n) is 3.42. The molecule has 1 fully saturated rings. The second kappa shape index (κ2) is 8.43. The maximum atomic E-state index is 13.3. The van der Waals surface area contributed by atoms with Crippen LogP contribution in [0, 0.1) is 6.92 Å². The minimum Gasteiger partial charge on any atom is -0.365 e. The lowest BCUT2D eigenvalue weighted by Crippen LogP contribution is -2.22. The minimum atomic E-state index is -2.83. The molecule has 1 aliphatic carbocycles. The van der Waals surface area contributed by atoms with Gasteiger partial charge in [0.05, 0.1) is 15.9 Å². The van der Waals surface area contributed by atoms with Gasteiger partial charge in [0, 0.05) is 5.39 Å². The van der Waals surface area contributed by atoms with Crippen LogP contribution in [0.1, 0.15) is 63.9 Å². The number of anilines is 1. The number of thiophene rings is 1. The third-order valence-electron chi connectivity index (χ3n) is 5.10. The molecule has 32 heavy (non-hydrogen) atoms. The van der Waals surface area contributed by atoms with Gasteiger partial charge in [0.15, 0.2) is 0 Å². The quantitative estimate of drug-likeness (QED) is 0.414. The average molecular weight is 534 g/mol. The fourth-order valence-corrected chi connectivity index (χ4v) is 4.90. The zero-order valence-electron chi connectivity index (χ0n) is 16.5. The molecule has 1 aliphatic rings. The van der Waals surface area contributed by atoms with E-state index in [-0.39, 0.29) is 25.8 Å². The first-order chi connectivity index (χ1) is 15.1. The van der Waals surface area contributed by atoms with E-state index in [4.69, 9.17) is 5.73 Å². The van der Waals surface area contributed by atoms with Crippen molar-refractivity contribution in [2.45, 2.75) is 45.1 Å². The summed E-state index contributed by atoms with van der Waals surface area (Å²) in [5.41, 5.74) is 5.55. The number of pyridine rings is 1. The van der Waals surface area contributed by atoms with Crippen LogP contribution >= 0.6 is 27.3 Å². The number of nitrogens with two attached hydrogens (primary N) is 1. The van der Waals surface area contributed by atoms with Gasteiger partial charge in [-0.15, -0.1) is 11.3 Å². The first kappa shape index (κ1) is 22.6. The van der Waals surface area contributed by atoms with Crippen LogP contribution in [0.2, 0.25) is 0 Å². The maximum Gasteiger partial charge on any atom is 0.283 e. The predicted molar refractivity (Wildman–Crippen MR) is 113 cm³/mol. The Morgan fingerprint density at radius 1 is 1.31 bits per heavy atom. The van der Waals surface area contributed by atoms with E-state index in [0.29, 0.717) is 16.6 Å². The lowest BCUT2D eigenvalue weighted by Gasteiger charge is -2.11. The Bertz CT molecular complexity index is 1240. The van der Waals surface area contributed by atoms with Crippen molar-refractivity contribution in [2.75, 3.05) is 5.32 Å². The van der Waals surface area contributed by atoms with Gasteiger partial charge in [-0.2, -0.15) is 5.10 Å². The Morgan fingerprint density at radius 2 is 2.00 bits per heavy atom. The Labute approximate surface area is 191 Å². The monoisotopic (exact) mass is 533 g/mol. The van der Waals surface area contributed by atoms with E-state index in [9.17, 15) is 27.2 Å². The minimum absolute atomic E-state index is 0.0156. The van der Waals surface area contributed by atoms with Gasteiger partial charge in [0.1, 0.15) is 27.6 Å². The van der Waals surface area contributed by atoms with Crippen LogP contribution in [0.4, 0.5) is 23.2 Å². The summed E-state index contributed by atoms with van der Waals surface area (Å²) in [6, 6.07) is 1.29. The summed E-state index contributed by atoms with van der Waals surface area (Å²) in [6.07, 6.45) is -4.05. The summed E-state index contributed by atoms with van der Waals surface area (Å²) in [5.74, 6) is -1.48. The summed E-state index contributed by atoms with van der Waals surface area (Å²) < 4.78 is 54.0. The number of amides is 2. The Balaban J connectivity index is 1.74. The zero-order chi connectivity index (χ0) is 23.3. The first-order valence-electron chi connectivity index (χ1n) is 9.44. The van der Waals surface area contributed by atoms with Crippen molar-refractivity contribution in [1.82, 2.24) is 14.8 Å². The largest absolute Gasteiger partial charge is 0.365 e. The lowest BCUT2D eigenvalue weighted by molar-refractivity contribution is -0.116. The highest BCUT2D eigenvalue weighted by Gasteiger charge is 2.32. The van der Waals surface area contributed by atoms with Crippen LogP contribution in [0.15, 0.2) is 10.5 Å². The number of nitrogens with one attached hydrogen (secondary N) is 1. The SMILES string of the molecule is Cc1c(Br)c(C(F)F)nn1CC(=O)Nc1c(C(N)=O)sc2nc(C(F)F)cc(C3CC3)c12. The normalized spacial score (nSPS) is 14.0. The van der Waals surface area contributed by atoms with Gasteiger partial charge in [0.25, 0.3) is 18.8 Å². The van der Waals surface area contributed by atoms with Gasteiger partial charge < -0.3 is 11.1 Å². The summed E-state index contributed by atoms with van der Waals surface area (Å²) in [7, 11) is 0. The van der Waals surface area contributed by atoms with Crippen molar-refractivity contribution in [3.05, 3.63) is 38.1 Å². The number of carbonyl (C=O) groups excluding carboxylic acids is 2. The molecule has 0 aliphatic heterocycles. The van der Waals surface area contributed by atoms with Gasteiger partial charge in [-0.25, -0.2) is 22.5 Å². The second-order valence-corrected chi connectivity index (χ2v) is 9.15. The Kier molecular flexibility index (Phi) is 5.96. The molecule has 3 aromatic rings. The van der Waals surface area contributed by atoms with Crippen molar-refractivity contribution in [2.24, 2.45) is 5.73 Å². The standard InChI is InChI=1S/C19H16BrF4N5O2S/c1-6-12(20)14(17(23)24)28-29(6)5-10(30)27-13-11-8(7-2-3-7)4-9(16(21)22)26-19(11)32-15(13)18(25)31/h4,7,16-17H,2-3,5H2,1H3,(H2,25,31)(H,27,30). The molecule has 0 atom stereocenters. The van der Waals surface area contributed by atoms with Gasteiger partial charge in [0.2, 0.25) is 5.91 Å². The number of rotatable bonds is 7. The summed E-state index contributed by atoms with van der Waals surface area (Å²) in [6.45, 7) is 1.11. The van der Waals surface area contributed by atoms with E-state index < -0.39 is 42.6 Å². The molecule has 0 spiro atoms. The smallest absolute Gasteiger partial charge is 0.283 e. The second-order valence-electron chi connectivity index (χ2n) is 7.35. The Morgan fingerprint density at radius 3 is 2.53 bits per heavy atom. The number of carbonyl (C=O) groups is 2. The molecule has 0 aromatic carbocycles. The van der Waals surface area contributed by atoms with E-state index in [2.05, 4.69) is 31.3 Å². The summed E-state index contributed by atoms with van der Waals surface area (Å²) in [4.78, 5) is 28.9. The van der Waals surface area contributed by atoms with E-state index in [1.165, 1.54) is 13.0 Å². The molecular formula is C19H16BrF4N5O2S. The topological polar surface area (TPSA) is 103 Å². The number of nitrogens with zero attached hydrogens (tertiary/aromatic N) is 3. The third kappa shape index (κ3) is 4.10. The molecule has 13 heteroatoms.